The molecule has 2 heterocycles. The molecule has 2 aromatic rings. The summed E-state index contributed by atoms with van der Waals surface area (Å²) in [5.41, 5.74) is 0.563. The van der Waals surface area contributed by atoms with Gasteiger partial charge < -0.3 is 10.1 Å². The monoisotopic (exact) mass is 260 g/mol. The van der Waals surface area contributed by atoms with E-state index in [0.29, 0.717) is 18.2 Å². The number of rotatable bonds is 5. The molecule has 0 aromatic carbocycles. The van der Waals surface area contributed by atoms with Crippen molar-refractivity contribution in [3.63, 3.8) is 0 Å². The Kier molecular flexibility index (Phi) is 4.12. The molecule has 2 rings (SSSR count). The highest BCUT2D eigenvalue weighted by Crippen LogP contribution is 2.21. The molecule has 6 nitrogen and oxygen atoms in total. The van der Waals surface area contributed by atoms with E-state index in [1.807, 2.05) is 6.92 Å². The summed E-state index contributed by atoms with van der Waals surface area (Å²) in [4.78, 5) is 16.2. The van der Waals surface area contributed by atoms with Crippen LogP contribution in [0.4, 0.5) is 5.69 Å². The zero-order chi connectivity index (χ0) is 13.7. The molecule has 19 heavy (non-hydrogen) atoms. The number of carbonyl (C=O) groups is 1. The first-order valence-corrected chi connectivity index (χ1v) is 6.10. The van der Waals surface area contributed by atoms with Crippen LogP contribution in [0.1, 0.15) is 19.9 Å². The van der Waals surface area contributed by atoms with Crippen LogP contribution in [0.5, 0.6) is 5.88 Å². The zero-order valence-electron chi connectivity index (χ0n) is 10.9. The first kappa shape index (κ1) is 13.1. The minimum Gasteiger partial charge on any atom is -0.476 e. The molecule has 0 saturated heterocycles. The molecule has 0 radical (unpaired) electrons. The van der Waals surface area contributed by atoms with E-state index in [1.165, 1.54) is 0 Å². The molecular formula is C13H16N4O2. The van der Waals surface area contributed by atoms with Gasteiger partial charge in [-0.1, -0.05) is 0 Å². The zero-order valence-corrected chi connectivity index (χ0v) is 10.9. The van der Waals surface area contributed by atoms with Crippen molar-refractivity contribution in [2.24, 2.45) is 0 Å². The van der Waals surface area contributed by atoms with Gasteiger partial charge in [-0.3, -0.25) is 9.48 Å². The molecule has 0 fully saturated rings. The molecule has 1 atom stereocenters. The second-order valence-electron chi connectivity index (χ2n) is 3.94. The summed E-state index contributed by atoms with van der Waals surface area (Å²) in [5.74, 6) is 0.253. The predicted octanol–water partition coefficient (Wildman–Crippen LogP) is 1.88. The van der Waals surface area contributed by atoms with Gasteiger partial charge in [-0.05, 0) is 32.0 Å². The van der Waals surface area contributed by atoms with E-state index < -0.39 is 6.04 Å². The molecular weight excluding hydrogens is 244 g/mol. The number of carbonyl (C=O) groups excluding carboxylic acids is 1. The summed E-state index contributed by atoms with van der Waals surface area (Å²) in [7, 11) is 0. The fourth-order valence-corrected chi connectivity index (χ4v) is 1.60. The second-order valence-corrected chi connectivity index (χ2v) is 3.94. The molecule has 6 heteroatoms. The fraction of sp³-hybridized carbons (Fsp3) is 0.308. The minimum atomic E-state index is -0.398. The van der Waals surface area contributed by atoms with Crippen molar-refractivity contribution in [2.45, 2.75) is 19.9 Å². The molecule has 0 aliphatic rings. The number of nitrogens with one attached hydrogen (secondary N) is 1. The highest BCUT2D eigenvalue weighted by molar-refractivity contribution is 5.94. The molecule has 100 valence electrons. The SMILES string of the molecule is CCOc1ncccc1NC(=O)C(C)n1cccn1. The average molecular weight is 260 g/mol. The van der Waals surface area contributed by atoms with E-state index in [-0.39, 0.29) is 5.91 Å². The maximum atomic E-state index is 12.1. The van der Waals surface area contributed by atoms with Crippen LogP contribution in [0.3, 0.4) is 0 Å². The fourth-order valence-electron chi connectivity index (χ4n) is 1.60. The van der Waals surface area contributed by atoms with Crippen molar-refractivity contribution in [3.8, 4) is 5.88 Å². The molecule has 1 N–H and O–H groups in total. The van der Waals surface area contributed by atoms with Crippen molar-refractivity contribution in [3.05, 3.63) is 36.8 Å². The molecule has 0 saturated carbocycles. The second kappa shape index (κ2) is 5.99. The smallest absolute Gasteiger partial charge is 0.249 e. The molecule has 1 unspecified atom stereocenters. The van der Waals surface area contributed by atoms with E-state index >= 15 is 0 Å². The highest BCUT2D eigenvalue weighted by Gasteiger charge is 2.17. The van der Waals surface area contributed by atoms with Crippen LogP contribution < -0.4 is 10.1 Å². The van der Waals surface area contributed by atoms with Crippen LogP contribution in [-0.2, 0) is 4.79 Å². The molecule has 0 spiro atoms. The van der Waals surface area contributed by atoms with E-state index in [1.54, 1.807) is 48.4 Å². The molecule has 1 amide bonds. The van der Waals surface area contributed by atoms with Crippen LogP contribution in [0.2, 0.25) is 0 Å². The molecule has 0 aliphatic carbocycles. The van der Waals surface area contributed by atoms with Crippen LogP contribution in [0, 0.1) is 0 Å². The number of ether oxygens (including phenoxy) is 1. The van der Waals surface area contributed by atoms with Crippen LogP contribution in [0.25, 0.3) is 0 Å². The maximum absolute atomic E-state index is 12.1. The summed E-state index contributed by atoms with van der Waals surface area (Å²) in [6, 6.07) is 4.88. The Morgan fingerprint density at radius 1 is 1.47 bits per heavy atom. The quantitative estimate of drug-likeness (QED) is 0.891. The van der Waals surface area contributed by atoms with Gasteiger partial charge in [0.1, 0.15) is 11.7 Å². The first-order chi connectivity index (χ1) is 9.22. The Morgan fingerprint density at radius 3 is 3.00 bits per heavy atom. The number of nitrogens with zero attached hydrogens (tertiary/aromatic N) is 3. The number of aromatic nitrogens is 3. The largest absolute Gasteiger partial charge is 0.476 e. The maximum Gasteiger partial charge on any atom is 0.249 e. The third kappa shape index (κ3) is 3.09. The summed E-state index contributed by atoms with van der Waals surface area (Å²) < 4.78 is 6.95. The van der Waals surface area contributed by atoms with Crippen molar-refractivity contribution in [1.82, 2.24) is 14.8 Å². The van der Waals surface area contributed by atoms with E-state index in [4.69, 9.17) is 4.74 Å². The van der Waals surface area contributed by atoms with Crippen molar-refractivity contribution in [2.75, 3.05) is 11.9 Å². The lowest BCUT2D eigenvalue weighted by molar-refractivity contribution is -0.119. The Morgan fingerprint density at radius 2 is 2.32 bits per heavy atom. The standard InChI is InChI=1S/C13H16N4O2/c1-3-19-13-11(6-4-7-14-13)16-12(18)10(2)17-9-5-8-15-17/h4-10H,3H2,1-2H3,(H,16,18). The van der Waals surface area contributed by atoms with Crippen molar-refractivity contribution < 1.29 is 9.53 Å². The van der Waals surface area contributed by atoms with Crippen molar-refractivity contribution >= 4 is 11.6 Å². The lowest BCUT2D eigenvalue weighted by Crippen LogP contribution is -2.24. The van der Waals surface area contributed by atoms with Gasteiger partial charge in [0.05, 0.1) is 6.61 Å². The number of hydrogen-bond acceptors (Lipinski definition) is 4. The summed E-state index contributed by atoms with van der Waals surface area (Å²) in [6.07, 6.45) is 5.01. The van der Waals surface area contributed by atoms with Gasteiger partial charge in [0.2, 0.25) is 11.8 Å². The van der Waals surface area contributed by atoms with Gasteiger partial charge in [0, 0.05) is 18.6 Å². The van der Waals surface area contributed by atoms with Crippen LogP contribution >= 0.6 is 0 Å². The van der Waals surface area contributed by atoms with E-state index in [2.05, 4.69) is 15.4 Å². The molecule has 0 aliphatic heterocycles. The third-order valence-electron chi connectivity index (χ3n) is 2.61. The summed E-state index contributed by atoms with van der Waals surface area (Å²) in [5, 5.41) is 6.84. The van der Waals surface area contributed by atoms with E-state index in [9.17, 15) is 4.79 Å². The molecule has 2 aromatic heterocycles. The Hall–Kier alpha value is -2.37. The van der Waals surface area contributed by atoms with Gasteiger partial charge in [-0.15, -0.1) is 0 Å². The lowest BCUT2D eigenvalue weighted by atomic mass is 10.3. The third-order valence-corrected chi connectivity index (χ3v) is 2.61. The van der Waals surface area contributed by atoms with Gasteiger partial charge in [-0.25, -0.2) is 4.98 Å². The normalized spacial score (nSPS) is 11.9. The Bertz CT molecular complexity index is 539. The van der Waals surface area contributed by atoms with Crippen LogP contribution in [0.15, 0.2) is 36.8 Å². The lowest BCUT2D eigenvalue weighted by Gasteiger charge is -2.14. The van der Waals surface area contributed by atoms with Gasteiger partial charge in [0.25, 0.3) is 0 Å². The highest BCUT2D eigenvalue weighted by atomic mass is 16.5. The van der Waals surface area contributed by atoms with Crippen LogP contribution in [-0.4, -0.2) is 27.3 Å². The van der Waals surface area contributed by atoms with Crippen molar-refractivity contribution in [1.29, 1.82) is 0 Å². The minimum absolute atomic E-state index is 0.169. The van der Waals surface area contributed by atoms with Gasteiger partial charge in [-0.2, -0.15) is 5.10 Å². The number of amides is 1. The topological polar surface area (TPSA) is 69.0 Å². The average Bonchev–Trinajstić information content (AvgIpc) is 2.94. The molecule has 0 bridgehead atoms. The Balaban J connectivity index is 2.10. The Labute approximate surface area is 111 Å². The summed E-state index contributed by atoms with van der Waals surface area (Å²) in [6.45, 7) is 4.14. The predicted molar refractivity (Wildman–Crippen MR) is 71.0 cm³/mol. The number of anilines is 1. The number of hydrogen-bond donors (Lipinski definition) is 1. The first-order valence-electron chi connectivity index (χ1n) is 6.10. The van der Waals surface area contributed by atoms with Gasteiger partial charge >= 0.3 is 0 Å². The van der Waals surface area contributed by atoms with E-state index in [0.717, 1.165) is 0 Å². The van der Waals surface area contributed by atoms with Gasteiger partial charge in [0.15, 0.2) is 0 Å². The number of pyridine rings is 1. The summed E-state index contributed by atoms with van der Waals surface area (Å²) >= 11 is 0.